The number of ether oxygens (including phenoxy) is 1. The van der Waals surface area contributed by atoms with Gasteiger partial charge < -0.3 is 20.7 Å². The third-order valence-electron chi connectivity index (χ3n) is 3.69. The lowest BCUT2D eigenvalue weighted by Gasteiger charge is -2.11. The van der Waals surface area contributed by atoms with Crippen molar-refractivity contribution in [3.8, 4) is 5.75 Å². The third-order valence-corrected chi connectivity index (χ3v) is 3.90. The topological polar surface area (TPSA) is 79.5 Å². The number of hydrogen-bond donors (Lipinski definition) is 3. The Morgan fingerprint density at radius 3 is 2.52 bits per heavy atom. The zero-order valence-corrected chi connectivity index (χ0v) is 16.2. The molecule has 0 radical (unpaired) electrons. The van der Waals surface area contributed by atoms with Crippen LogP contribution < -0.4 is 20.7 Å². The lowest BCUT2D eigenvalue weighted by molar-refractivity contribution is -0.119. The Morgan fingerprint density at radius 2 is 1.85 bits per heavy atom. The van der Waals surface area contributed by atoms with E-state index in [1.165, 1.54) is 0 Å². The van der Waals surface area contributed by atoms with Crippen molar-refractivity contribution >= 4 is 34.8 Å². The van der Waals surface area contributed by atoms with E-state index in [0.29, 0.717) is 17.8 Å². The third kappa shape index (κ3) is 6.71. The van der Waals surface area contributed by atoms with Gasteiger partial charge in [0.2, 0.25) is 5.91 Å². The first kappa shape index (κ1) is 20.4. The molecule has 2 aromatic carbocycles. The van der Waals surface area contributed by atoms with Gasteiger partial charge in [-0.05, 0) is 54.5 Å². The van der Waals surface area contributed by atoms with Crippen LogP contribution in [0, 0.1) is 0 Å². The minimum Gasteiger partial charge on any atom is -0.497 e. The van der Waals surface area contributed by atoms with Crippen molar-refractivity contribution in [1.82, 2.24) is 10.6 Å². The molecule has 2 amide bonds. The number of nitrogens with one attached hydrogen (secondary N) is 3. The Kier molecular flexibility index (Phi) is 7.76. The molecule has 0 heterocycles. The van der Waals surface area contributed by atoms with Crippen molar-refractivity contribution in [3.63, 3.8) is 0 Å². The summed E-state index contributed by atoms with van der Waals surface area (Å²) in [6.07, 6.45) is 1.07. The fourth-order valence-electron chi connectivity index (χ4n) is 2.34. The maximum atomic E-state index is 12.1. The van der Waals surface area contributed by atoms with E-state index in [1.54, 1.807) is 43.5 Å². The second-order valence-electron chi connectivity index (χ2n) is 5.86. The number of carbonyl (C=O) groups excluding carboxylic acids is 2. The van der Waals surface area contributed by atoms with Crippen molar-refractivity contribution in [2.75, 3.05) is 19.0 Å². The molecule has 0 aliphatic heterocycles. The number of amides is 2. The van der Waals surface area contributed by atoms with E-state index in [9.17, 15) is 9.59 Å². The molecule has 2 aromatic rings. The normalized spacial score (nSPS) is 10.0. The summed E-state index contributed by atoms with van der Waals surface area (Å²) in [6, 6.07) is 14.2. The van der Waals surface area contributed by atoms with Gasteiger partial charge >= 0.3 is 0 Å². The van der Waals surface area contributed by atoms with Crippen LogP contribution in [0.4, 0.5) is 5.69 Å². The average molecular weight is 385 g/mol. The Morgan fingerprint density at radius 1 is 1.11 bits per heavy atom. The molecule has 0 saturated carbocycles. The molecule has 7 heteroatoms. The summed E-state index contributed by atoms with van der Waals surface area (Å²) in [5.74, 6) is 0.365. The predicted octanol–water partition coefficient (Wildman–Crippen LogP) is 2.89. The van der Waals surface area contributed by atoms with Crippen molar-refractivity contribution in [2.45, 2.75) is 19.8 Å². The molecule has 6 nitrogen and oxygen atoms in total. The number of thiocarbonyl (C=S) groups is 1. The quantitative estimate of drug-likeness (QED) is 0.639. The first-order chi connectivity index (χ1) is 13.0. The van der Waals surface area contributed by atoms with E-state index in [0.717, 1.165) is 17.7 Å². The average Bonchev–Trinajstić information content (AvgIpc) is 2.66. The van der Waals surface area contributed by atoms with Crippen LogP contribution in [0.15, 0.2) is 48.5 Å². The van der Waals surface area contributed by atoms with Crippen molar-refractivity contribution in [2.24, 2.45) is 0 Å². The highest BCUT2D eigenvalue weighted by atomic mass is 32.1. The second kappa shape index (κ2) is 10.3. The van der Waals surface area contributed by atoms with Crippen LogP contribution in [0.5, 0.6) is 5.75 Å². The first-order valence-corrected chi connectivity index (χ1v) is 9.04. The maximum Gasteiger partial charge on any atom is 0.251 e. The summed E-state index contributed by atoms with van der Waals surface area (Å²) in [5.41, 5.74) is 2.01. The molecule has 0 unspecified atom stereocenters. The van der Waals surface area contributed by atoms with Gasteiger partial charge in [0.05, 0.1) is 13.5 Å². The number of rotatable bonds is 7. The van der Waals surface area contributed by atoms with Gasteiger partial charge in [0.25, 0.3) is 5.91 Å². The molecule has 27 heavy (non-hydrogen) atoms. The molecule has 0 fully saturated rings. The van der Waals surface area contributed by atoms with Crippen LogP contribution in [-0.4, -0.2) is 30.6 Å². The standard InChI is InChI=1S/C20H23N3O3S/c1-3-11-21-19(25)15-5-4-6-16(13-15)22-20(27)23-18(24)12-14-7-9-17(26-2)10-8-14/h4-10,13H,3,11-12H2,1-2H3,(H,21,25)(H2,22,23,24,27). The molecular formula is C20H23N3O3S. The fourth-order valence-corrected chi connectivity index (χ4v) is 2.57. The largest absolute Gasteiger partial charge is 0.497 e. The molecule has 142 valence electrons. The molecule has 0 saturated heterocycles. The summed E-state index contributed by atoms with van der Waals surface area (Å²) in [5, 5.41) is 8.56. The van der Waals surface area contributed by atoms with Gasteiger partial charge in [-0.3, -0.25) is 9.59 Å². The zero-order valence-electron chi connectivity index (χ0n) is 15.4. The van der Waals surface area contributed by atoms with Gasteiger partial charge in [-0.1, -0.05) is 25.1 Å². The van der Waals surface area contributed by atoms with Gasteiger partial charge in [0.15, 0.2) is 5.11 Å². The number of benzene rings is 2. The number of methoxy groups -OCH3 is 1. The molecule has 3 N–H and O–H groups in total. The molecular weight excluding hydrogens is 362 g/mol. The summed E-state index contributed by atoms with van der Waals surface area (Å²) in [4.78, 5) is 24.1. The van der Waals surface area contributed by atoms with Gasteiger partial charge in [-0.25, -0.2) is 0 Å². The number of carbonyl (C=O) groups is 2. The van der Waals surface area contributed by atoms with Crippen molar-refractivity contribution < 1.29 is 14.3 Å². The monoisotopic (exact) mass is 385 g/mol. The first-order valence-electron chi connectivity index (χ1n) is 8.64. The zero-order chi connectivity index (χ0) is 19.6. The fraction of sp³-hybridized carbons (Fsp3) is 0.250. The molecule has 2 rings (SSSR count). The Bertz CT molecular complexity index is 806. The van der Waals surface area contributed by atoms with E-state index in [1.807, 2.05) is 19.1 Å². The summed E-state index contributed by atoms with van der Waals surface area (Å²) >= 11 is 5.18. The van der Waals surface area contributed by atoms with Gasteiger partial charge in [0.1, 0.15) is 5.75 Å². The maximum absolute atomic E-state index is 12.1. The Balaban J connectivity index is 1.89. The lowest BCUT2D eigenvalue weighted by Crippen LogP contribution is -2.35. The van der Waals surface area contributed by atoms with Crippen molar-refractivity contribution in [1.29, 1.82) is 0 Å². The van der Waals surface area contributed by atoms with E-state index in [-0.39, 0.29) is 23.3 Å². The Hall–Kier alpha value is -2.93. The van der Waals surface area contributed by atoms with Gasteiger partial charge in [-0.2, -0.15) is 0 Å². The van der Waals surface area contributed by atoms with Crippen LogP contribution >= 0.6 is 12.2 Å². The summed E-state index contributed by atoms with van der Waals surface area (Å²) in [7, 11) is 1.59. The highest BCUT2D eigenvalue weighted by Gasteiger charge is 2.09. The molecule has 0 spiro atoms. The van der Waals surface area contributed by atoms with Crippen LogP contribution in [0.2, 0.25) is 0 Å². The highest BCUT2D eigenvalue weighted by Crippen LogP contribution is 2.12. The number of hydrogen-bond acceptors (Lipinski definition) is 4. The van der Waals surface area contributed by atoms with Crippen LogP contribution in [0.25, 0.3) is 0 Å². The highest BCUT2D eigenvalue weighted by molar-refractivity contribution is 7.80. The molecule has 0 aliphatic carbocycles. The molecule has 0 atom stereocenters. The SMILES string of the molecule is CCCNC(=O)c1cccc(NC(=S)NC(=O)Cc2ccc(OC)cc2)c1. The van der Waals surface area contributed by atoms with E-state index >= 15 is 0 Å². The summed E-state index contributed by atoms with van der Waals surface area (Å²) < 4.78 is 5.09. The van der Waals surface area contributed by atoms with Gasteiger partial charge in [0, 0.05) is 17.8 Å². The lowest BCUT2D eigenvalue weighted by atomic mass is 10.1. The Labute approximate surface area is 164 Å². The molecule has 0 bridgehead atoms. The van der Waals surface area contributed by atoms with Gasteiger partial charge in [-0.15, -0.1) is 0 Å². The van der Waals surface area contributed by atoms with Crippen molar-refractivity contribution in [3.05, 3.63) is 59.7 Å². The minimum atomic E-state index is -0.227. The van der Waals surface area contributed by atoms with E-state index < -0.39 is 0 Å². The summed E-state index contributed by atoms with van der Waals surface area (Å²) in [6.45, 7) is 2.61. The van der Waals surface area contributed by atoms with Crippen LogP contribution in [0.1, 0.15) is 29.3 Å². The second-order valence-corrected chi connectivity index (χ2v) is 6.27. The van der Waals surface area contributed by atoms with Crippen LogP contribution in [-0.2, 0) is 11.2 Å². The predicted molar refractivity (Wildman–Crippen MR) is 110 cm³/mol. The number of anilines is 1. The molecule has 0 aromatic heterocycles. The smallest absolute Gasteiger partial charge is 0.251 e. The van der Waals surface area contributed by atoms with E-state index in [2.05, 4.69) is 16.0 Å². The van der Waals surface area contributed by atoms with E-state index in [4.69, 9.17) is 17.0 Å². The van der Waals surface area contributed by atoms with Crippen LogP contribution in [0.3, 0.4) is 0 Å². The minimum absolute atomic E-state index is 0.144. The molecule has 0 aliphatic rings.